The zero-order valence-corrected chi connectivity index (χ0v) is 18.1. The van der Waals surface area contributed by atoms with E-state index in [0.717, 1.165) is 6.42 Å². The largest absolute Gasteiger partial charge is 0.509 e. The normalized spacial score (nSPS) is 48.9. The van der Waals surface area contributed by atoms with Crippen molar-refractivity contribution in [2.75, 3.05) is 0 Å². The zero-order chi connectivity index (χ0) is 21.6. The first kappa shape index (κ1) is 20.6. The van der Waals surface area contributed by atoms with Gasteiger partial charge in [-0.2, -0.15) is 0 Å². The van der Waals surface area contributed by atoms with Gasteiger partial charge in [0, 0.05) is 11.3 Å². The maximum atomic E-state index is 13.7. The molecule has 0 unspecified atom stereocenters. The third kappa shape index (κ3) is 2.31. The molecule has 0 spiro atoms. The molecule has 4 rings (SSSR count). The number of aliphatic hydroxyl groups is 1. The highest BCUT2D eigenvalue weighted by Crippen LogP contribution is 2.69. The van der Waals surface area contributed by atoms with Crippen LogP contribution in [0.3, 0.4) is 0 Å². The van der Waals surface area contributed by atoms with E-state index in [1.54, 1.807) is 20.8 Å². The molecule has 0 radical (unpaired) electrons. The summed E-state index contributed by atoms with van der Waals surface area (Å²) >= 11 is 0. The highest BCUT2D eigenvalue weighted by atomic mass is 16.8. The molecule has 0 aromatic heterocycles. The minimum Gasteiger partial charge on any atom is -0.427 e. The molecule has 7 heteroatoms. The Bertz CT molecular complexity index is 832. The molecule has 4 fully saturated rings. The second-order valence-electron chi connectivity index (χ2n) is 10.3. The summed E-state index contributed by atoms with van der Waals surface area (Å²) in [5.74, 6) is 3.27. The van der Waals surface area contributed by atoms with Gasteiger partial charge in [-0.3, -0.25) is 4.79 Å². The van der Waals surface area contributed by atoms with E-state index < -0.39 is 52.7 Å². The van der Waals surface area contributed by atoms with Crippen molar-refractivity contribution in [3.8, 4) is 11.8 Å². The molecule has 160 valence electrons. The Hall–Kier alpha value is -1.62. The van der Waals surface area contributed by atoms with Crippen molar-refractivity contribution < 1.29 is 33.6 Å². The van der Waals surface area contributed by atoms with Gasteiger partial charge in [0.05, 0.1) is 6.10 Å². The number of hydrogen-bond acceptors (Lipinski definition) is 7. The first-order valence-corrected chi connectivity index (χ1v) is 10.2. The van der Waals surface area contributed by atoms with Crippen LogP contribution in [-0.4, -0.2) is 52.3 Å². The van der Waals surface area contributed by atoms with Crippen molar-refractivity contribution in [2.45, 2.75) is 96.6 Å². The molecule has 1 N–H and O–H groups in total. The van der Waals surface area contributed by atoms with Crippen molar-refractivity contribution in [1.29, 1.82) is 0 Å². The van der Waals surface area contributed by atoms with Crippen molar-refractivity contribution >= 4 is 11.9 Å². The number of rotatable bonds is 1. The lowest BCUT2D eigenvalue weighted by Crippen LogP contribution is -2.86. The third-order valence-electron chi connectivity index (χ3n) is 7.70. The lowest BCUT2D eigenvalue weighted by Gasteiger charge is -2.71. The molecule has 0 aromatic carbocycles. The van der Waals surface area contributed by atoms with Gasteiger partial charge >= 0.3 is 6.16 Å². The fourth-order valence-electron chi connectivity index (χ4n) is 6.85. The minimum absolute atomic E-state index is 0.321. The van der Waals surface area contributed by atoms with Crippen LogP contribution < -0.4 is 0 Å². The van der Waals surface area contributed by atoms with Gasteiger partial charge in [0.15, 0.2) is 17.5 Å². The molecule has 29 heavy (non-hydrogen) atoms. The van der Waals surface area contributed by atoms with Gasteiger partial charge in [-0.25, -0.2) is 4.79 Å². The smallest absolute Gasteiger partial charge is 0.427 e. The van der Waals surface area contributed by atoms with E-state index >= 15 is 0 Å². The van der Waals surface area contributed by atoms with Crippen LogP contribution in [0.1, 0.15) is 61.3 Å². The molecule has 4 aliphatic rings. The average molecular weight is 406 g/mol. The van der Waals surface area contributed by atoms with Gasteiger partial charge < -0.3 is 24.1 Å². The molecule has 7 atom stereocenters. The molecule has 2 heterocycles. The number of ether oxygens (including phenoxy) is 4. The summed E-state index contributed by atoms with van der Waals surface area (Å²) in [5.41, 5.74) is -4.95. The molecule has 0 bridgehead atoms. The summed E-state index contributed by atoms with van der Waals surface area (Å²) in [7, 11) is 0. The highest BCUT2D eigenvalue weighted by molar-refractivity contribution is 6.04. The Balaban J connectivity index is 2.07. The number of carbonyl (C=O) groups is 2. The van der Waals surface area contributed by atoms with Crippen LogP contribution in [0.4, 0.5) is 4.79 Å². The van der Waals surface area contributed by atoms with E-state index in [0.29, 0.717) is 6.42 Å². The monoisotopic (exact) mass is 406 g/mol. The Labute approximate surface area is 171 Å². The lowest BCUT2D eigenvalue weighted by molar-refractivity contribution is -0.441. The molecule has 2 aliphatic heterocycles. The van der Waals surface area contributed by atoms with Gasteiger partial charge in [-0.15, -0.1) is 0 Å². The van der Waals surface area contributed by atoms with Crippen LogP contribution in [-0.2, 0) is 23.7 Å². The summed E-state index contributed by atoms with van der Waals surface area (Å²) < 4.78 is 23.8. The van der Waals surface area contributed by atoms with Crippen LogP contribution in [0.25, 0.3) is 0 Å². The standard InChI is InChI=1S/C22H30O7/c1-8-9-12(23)22-20(6)13(28-19(4,5)29-22)10-11-18(2,3)15(20)14-16(21(22,7)25)27-17(24)26-14/h13-16,25H,10-11H2,1-7H3/t13-,14-,15-,16-,20-,21-,22-/m0/s1. The number of Topliss-reactive ketones (excluding diaryl/α,β-unsaturated/α-hetero) is 1. The maximum absolute atomic E-state index is 13.7. The summed E-state index contributed by atoms with van der Waals surface area (Å²) in [6.45, 7) is 12.6. The van der Waals surface area contributed by atoms with Gasteiger partial charge in [0.2, 0.25) is 5.78 Å². The fourth-order valence-corrected chi connectivity index (χ4v) is 6.85. The average Bonchev–Trinajstić information content (AvgIpc) is 2.95. The summed E-state index contributed by atoms with van der Waals surface area (Å²) in [6, 6.07) is 0. The molecular formula is C22H30O7. The SMILES string of the molecule is CC#CC(=O)[C@@]12OC(C)(C)O[C@H]3CCC(C)(C)[C@H]([C@@H]4OC(=O)O[C@@H]4[C@]1(C)O)[C@]32C. The van der Waals surface area contributed by atoms with Crippen LogP contribution >= 0.6 is 0 Å². The molecule has 2 saturated carbocycles. The van der Waals surface area contributed by atoms with Crippen LogP contribution in [0.5, 0.6) is 0 Å². The Morgan fingerprint density at radius 1 is 1.14 bits per heavy atom. The first-order valence-electron chi connectivity index (χ1n) is 10.2. The topological polar surface area (TPSA) is 91.3 Å². The lowest BCUT2D eigenvalue weighted by atomic mass is 9.40. The molecular weight excluding hydrogens is 376 g/mol. The van der Waals surface area contributed by atoms with Gasteiger partial charge in [0.25, 0.3) is 0 Å². The van der Waals surface area contributed by atoms with Gasteiger partial charge in [-0.1, -0.05) is 26.7 Å². The number of ketones is 1. The van der Waals surface area contributed by atoms with Crippen molar-refractivity contribution in [3.05, 3.63) is 0 Å². The van der Waals surface area contributed by atoms with Crippen molar-refractivity contribution in [3.63, 3.8) is 0 Å². The van der Waals surface area contributed by atoms with E-state index in [1.807, 2.05) is 6.92 Å². The van der Waals surface area contributed by atoms with E-state index in [4.69, 9.17) is 18.9 Å². The van der Waals surface area contributed by atoms with Crippen LogP contribution in [0, 0.1) is 28.6 Å². The predicted molar refractivity (Wildman–Crippen MR) is 102 cm³/mol. The summed E-state index contributed by atoms with van der Waals surface area (Å²) in [4.78, 5) is 25.8. The van der Waals surface area contributed by atoms with Gasteiger partial charge in [-0.05, 0) is 51.9 Å². The van der Waals surface area contributed by atoms with Gasteiger partial charge in [0.1, 0.15) is 11.7 Å². The second kappa shape index (κ2) is 5.75. The fraction of sp³-hybridized carbons (Fsp3) is 0.818. The van der Waals surface area contributed by atoms with E-state index in [-0.39, 0.29) is 11.3 Å². The third-order valence-corrected chi connectivity index (χ3v) is 7.70. The maximum Gasteiger partial charge on any atom is 0.509 e. The quantitative estimate of drug-likeness (QED) is 0.406. The Morgan fingerprint density at radius 3 is 2.41 bits per heavy atom. The number of fused-ring (bicyclic) bond motifs is 2. The Morgan fingerprint density at radius 2 is 1.79 bits per heavy atom. The molecule has 2 aliphatic carbocycles. The Kier molecular flexibility index (Phi) is 4.09. The summed E-state index contributed by atoms with van der Waals surface area (Å²) in [6.07, 6.45) is -1.51. The highest BCUT2D eigenvalue weighted by Gasteiger charge is 2.84. The first-order chi connectivity index (χ1) is 13.2. The minimum atomic E-state index is -1.87. The molecule has 7 nitrogen and oxygen atoms in total. The number of hydrogen-bond donors (Lipinski definition) is 1. The second-order valence-corrected chi connectivity index (χ2v) is 10.3. The van der Waals surface area contributed by atoms with Crippen molar-refractivity contribution in [1.82, 2.24) is 0 Å². The predicted octanol–water partition coefficient (Wildman–Crippen LogP) is 2.58. The summed E-state index contributed by atoms with van der Waals surface area (Å²) in [5, 5.41) is 11.9. The molecule has 2 saturated heterocycles. The van der Waals surface area contributed by atoms with Crippen LogP contribution in [0.2, 0.25) is 0 Å². The molecule has 0 amide bonds. The van der Waals surface area contributed by atoms with E-state index in [9.17, 15) is 14.7 Å². The number of carbonyl (C=O) groups excluding carboxylic acids is 2. The van der Waals surface area contributed by atoms with Crippen molar-refractivity contribution in [2.24, 2.45) is 16.7 Å². The van der Waals surface area contributed by atoms with E-state index in [2.05, 4.69) is 25.7 Å². The zero-order valence-electron chi connectivity index (χ0n) is 18.1. The molecule has 0 aromatic rings. The van der Waals surface area contributed by atoms with Crippen LogP contribution in [0.15, 0.2) is 0 Å². The van der Waals surface area contributed by atoms with E-state index in [1.165, 1.54) is 6.92 Å².